The molecule has 21 heavy (non-hydrogen) atoms. The molecule has 1 N–H and O–H groups in total. The number of hydrogen-bond acceptors (Lipinski definition) is 3. The third-order valence-electron chi connectivity index (χ3n) is 3.18. The van der Waals surface area contributed by atoms with Gasteiger partial charge in [-0.15, -0.1) is 0 Å². The number of non-ortho nitro benzene ring substituents is 1. The summed E-state index contributed by atoms with van der Waals surface area (Å²) in [5.74, 6) is -0.452. The van der Waals surface area contributed by atoms with Crippen LogP contribution in [0.4, 0.5) is 10.1 Å². The van der Waals surface area contributed by atoms with Crippen molar-refractivity contribution in [1.29, 1.82) is 0 Å². The van der Waals surface area contributed by atoms with E-state index < -0.39 is 10.7 Å². The topological polar surface area (TPSA) is 55.2 Å². The van der Waals surface area contributed by atoms with E-state index in [0.717, 1.165) is 11.1 Å². The van der Waals surface area contributed by atoms with E-state index in [2.05, 4.69) is 5.32 Å². The number of nitro groups is 1. The van der Waals surface area contributed by atoms with Crippen LogP contribution < -0.4 is 5.32 Å². The number of rotatable bonds is 5. The molecule has 0 aliphatic heterocycles. The number of benzene rings is 2. The Balaban J connectivity index is 2.04. The van der Waals surface area contributed by atoms with Gasteiger partial charge in [0, 0.05) is 24.7 Å². The summed E-state index contributed by atoms with van der Waals surface area (Å²) >= 11 is 5.72. The Bertz CT molecular complexity index is 664. The maximum absolute atomic E-state index is 13.1. The molecule has 6 heteroatoms. The van der Waals surface area contributed by atoms with Gasteiger partial charge in [-0.05, 0) is 30.2 Å². The van der Waals surface area contributed by atoms with Gasteiger partial charge in [0.2, 0.25) is 0 Å². The fourth-order valence-corrected chi connectivity index (χ4v) is 2.15. The summed E-state index contributed by atoms with van der Waals surface area (Å²) in [6.07, 6.45) is 0. The van der Waals surface area contributed by atoms with Crippen LogP contribution in [-0.4, -0.2) is 4.92 Å². The van der Waals surface area contributed by atoms with Crippen LogP contribution in [0.1, 0.15) is 24.1 Å². The standard InChI is InChI=1S/C15H14ClFN2O2/c1-10(12-3-2-4-13(8-12)19(20)21)18-9-11-5-6-15(17)14(16)7-11/h2-8,10,18H,9H2,1H3. The molecule has 0 amide bonds. The van der Waals surface area contributed by atoms with Gasteiger partial charge in [0.05, 0.1) is 9.95 Å². The average Bonchev–Trinajstić information content (AvgIpc) is 2.48. The highest BCUT2D eigenvalue weighted by molar-refractivity contribution is 6.30. The SMILES string of the molecule is CC(NCc1ccc(F)c(Cl)c1)c1cccc([N+](=O)[O-])c1. The summed E-state index contributed by atoms with van der Waals surface area (Å²) in [5, 5.41) is 14.1. The van der Waals surface area contributed by atoms with Crippen LogP contribution in [0.3, 0.4) is 0 Å². The molecule has 1 unspecified atom stereocenters. The van der Waals surface area contributed by atoms with Crippen molar-refractivity contribution in [2.24, 2.45) is 0 Å². The van der Waals surface area contributed by atoms with Gasteiger partial charge in [-0.1, -0.05) is 29.8 Å². The van der Waals surface area contributed by atoms with E-state index in [0.29, 0.717) is 6.54 Å². The van der Waals surface area contributed by atoms with E-state index in [-0.39, 0.29) is 16.8 Å². The molecule has 0 heterocycles. The number of hydrogen-bond donors (Lipinski definition) is 1. The third kappa shape index (κ3) is 4.00. The molecule has 2 aromatic carbocycles. The largest absolute Gasteiger partial charge is 0.306 e. The van der Waals surface area contributed by atoms with E-state index in [9.17, 15) is 14.5 Å². The van der Waals surface area contributed by atoms with Gasteiger partial charge in [0.25, 0.3) is 5.69 Å². The second kappa shape index (κ2) is 6.65. The Kier molecular flexibility index (Phi) is 4.88. The van der Waals surface area contributed by atoms with Crippen LogP contribution in [0.5, 0.6) is 0 Å². The molecule has 0 aliphatic rings. The van der Waals surface area contributed by atoms with Crippen molar-refractivity contribution < 1.29 is 9.31 Å². The minimum atomic E-state index is -0.452. The van der Waals surface area contributed by atoms with Crippen LogP contribution in [0, 0.1) is 15.9 Å². The van der Waals surface area contributed by atoms with E-state index in [4.69, 9.17) is 11.6 Å². The van der Waals surface area contributed by atoms with Crippen molar-refractivity contribution in [1.82, 2.24) is 5.32 Å². The lowest BCUT2D eigenvalue weighted by atomic mass is 10.1. The van der Waals surface area contributed by atoms with E-state index >= 15 is 0 Å². The Morgan fingerprint density at radius 1 is 1.33 bits per heavy atom. The first-order valence-electron chi connectivity index (χ1n) is 6.39. The third-order valence-corrected chi connectivity index (χ3v) is 3.47. The number of nitrogens with one attached hydrogen (secondary N) is 1. The highest BCUT2D eigenvalue weighted by Gasteiger charge is 2.11. The molecule has 1 atom stereocenters. The molecule has 0 bridgehead atoms. The normalized spacial score (nSPS) is 12.1. The van der Waals surface area contributed by atoms with Crippen molar-refractivity contribution in [3.63, 3.8) is 0 Å². The predicted octanol–water partition coefficient (Wildman–Crippen LogP) is 4.24. The molecule has 0 saturated carbocycles. The summed E-state index contributed by atoms with van der Waals surface area (Å²) in [7, 11) is 0. The highest BCUT2D eigenvalue weighted by atomic mass is 35.5. The molecule has 0 aromatic heterocycles. The quantitative estimate of drug-likeness (QED) is 0.664. The minimum absolute atomic E-state index is 0.0611. The summed E-state index contributed by atoms with van der Waals surface area (Å²) in [5.41, 5.74) is 1.72. The minimum Gasteiger partial charge on any atom is -0.306 e. The fraction of sp³-hybridized carbons (Fsp3) is 0.200. The Hall–Kier alpha value is -1.98. The molecular weight excluding hydrogens is 295 g/mol. The van der Waals surface area contributed by atoms with Crippen molar-refractivity contribution in [3.05, 3.63) is 74.5 Å². The molecule has 2 aromatic rings. The van der Waals surface area contributed by atoms with Crippen LogP contribution in [0.25, 0.3) is 0 Å². The van der Waals surface area contributed by atoms with Gasteiger partial charge in [-0.2, -0.15) is 0 Å². The molecule has 0 radical (unpaired) electrons. The molecule has 110 valence electrons. The molecule has 0 aliphatic carbocycles. The van der Waals surface area contributed by atoms with Crippen molar-refractivity contribution in [2.75, 3.05) is 0 Å². The summed E-state index contributed by atoms with van der Waals surface area (Å²) in [6, 6.07) is 10.9. The zero-order valence-corrected chi connectivity index (χ0v) is 12.1. The predicted molar refractivity (Wildman–Crippen MR) is 79.8 cm³/mol. The van der Waals surface area contributed by atoms with Gasteiger partial charge in [-0.3, -0.25) is 10.1 Å². The maximum atomic E-state index is 13.1. The van der Waals surface area contributed by atoms with Crippen LogP contribution in [0.2, 0.25) is 5.02 Å². The Labute approximate surface area is 126 Å². The molecule has 2 rings (SSSR count). The molecule has 0 saturated heterocycles. The number of halogens is 2. The van der Waals surface area contributed by atoms with Gasteiger partial charge in [0.1, 0.15) is 5.82 Å². The fourth-order valence-electron chi connectivity index (χ4n) is 1.95. The second-order valence-electron chi connectivity index (χ2n) is 4.70. The van der Waals surface area contributed by atoms with E-state index in [1.165, 1.54) is 18.2 Å². The van der Waals surface area contributed by atoms with Crippen molar-refractivity contribution in [3.8, 4) is 0 Å². The molecule has 0 fully saturated rings. The average molecular weight is 309 g/mol. The zero-order chi connectivity index (χ0) is 15.4. The van der Waals surface area contributed by atoms with Gasteiger partial charge >= 0.3 is 0 Å². The first-order chi connectivity index (χ1) is 9.97. The second-order valence-corrected chi connectivity index (χ2v) is 5.11. The first kappa shape index (κ1) is 15.4. The summed E-state index contributed by atoms with van der Waals surface area (Å²) < 4.78 is 13.1. The van der Waals surface area contributed by atoms with Gasteiger partial charge in [-0.25, -0.2) is 4.39 Å². The van der Waals surface area contributed by atoms with Gasteiger partial charge < -0.3 is 5.32 Å². The lowest BCUT2D eigenvalue weighted by Crippen LogP contribution is -2.18. The van der Waals surface area contributed by atoms with Crippen molar-refractivity contribution >= 4 is 17.3 Å². The maximum Gasteiger partial charge on any atom is 0.269 e. The smallest absolute Gasteiger partial charge is 0.269 e. The van der Waals surface area contributed by atoms with Crippen LogP contribution >= 0.6 is 11.6 Å². The lowest BCUT2D eigenvalue weighted by molar-refractivity contribution is -0.384. The zero-order valence-electron chi connectivity index (χ0n) is 11.3. The highest BCUT2D eigenvalue weighted by Crippen LogP contribution is 2.20. The molecule has 4 nitrogen and oxygen atoms in total. The molecule has 0 spiro atoms. The van der Waals surface area contributed by atoms with E-state index in [1.54, 1.807) is 18.2 Å². The van der Waals surface area contributed by atoms with Crippen LogP contribution in [-0.2, 0) is 6.54 Å². The van der Waals surface area contributed by atoms with Crippen molar-refractivity contribution in [2.45, 2.75) is 19.5 Å². The number of nitro benzene ring substituents is 1. The number of nitrogens with zero attached hydrogens (tertiary/aromatic N) is 1. The van der Waals surface area contributed by atoms with E-state index in [1.807, 2.05) is 13.0 Å². The Morgan fingerprint density at radius 3 is 2.76 bits per heavy atom. The lowest BCUT2D eigenvalue weighted by Gasteiger charge is -2.14. The summed E-state index contributed by atoms with van der Waals surface area (Å²) in [6.45, 7) is 2.40. The first-order valence-corrected chi connectivity index (χ1v) is 6.77. The monoisotopic (exact) mass is 308 g/mol. The Morgan fingerprint density at radius 2 is 2.10 bits per heavy atom. The molecular formula is C15H14ClFN2O2. The van der Waals surface area contributed by atoms with Gasteiger partial charge in [0.15, 0.2) is 0 Å². The van der Waals surface area contributed by atoms with Crippen LogP contribution in [0.15, 0.2) is 42.5 Å². The summed E-state index contributed by atoms with van der Waals surface area (Å²) in [4.78, 5) is 10.3.